The van der Waals surface area contributed by atoms with E-state index in [1.54, 1.807) is 31.0 Å². The first kappa shape index (κ1) is 12.8. The predicted molar refractivity (Wildman–Crippen MR) is 71.1 cm³/mol. The Morgan fingerprint density at radius 1 is 1.50 bits per heavy atom. The van der Waals surface area contributed by atoms with Crippen LogP contribution in [0.4, 0.5) is 0 Å². The molecule has 0 aliphatic heterocycles. The minimum Gasteiger partial charge on any atom is -0.348 e. The van der Waals surface area contributed by atoms with Crippen molar-refractivity contribution in [3.63, 3.8) is 0 Å². The van der Waals surface area contributed by atoms with Gasteiger partial charge in [-0.05, 0) is 28.9 Å². The van der Waals surface area contributed by atoms with Crippen LogP contribution in [0.3, 0.4) is 0 Å². The van der Waals surface area contributed by atoms with Crippen molar-refractivity contribution < 1.29 is 4.79 Å². The van der Waals surface area contributed by atoms with Gasteiger partial charge >= 0.3 is 0 Å². The fraction of sp³-hybridized carbons (Fsp3) is 0.250. The average molecular weight is 309 g/mol. The smallest absolute Gasteiger partial charge is 0.253 e. The van der Waals surface area contributed by atoms with Crippen molar-refractivity contribution in [3.8, 4) is 0 Å². The molecule has 0 aliphatic rings. The van der Waals surface area contributed by atoms with Gasteiger partial charge in [-0.2, -0.15) is 0 Å². The minimum atomic E-state index is -0.128. The number of nitrogens with zero attached hydrogens (tertiary/aromatic N) is 3. The van der Waals surface area contributed by atoms with Crippen LogP contribution in [0.1, 0.15) is 17.3 Å². The first-order chi connectivity index (χ1) is 8.65. The number of pyridine rings is 1. The molecule has 0 saturated carbocycles. The molecule has 0 aliphatic carbocycles. The Labute approximate surface area is 113 Å². The van der Waals surface area contributed by atoms with Gasteiger partial charge < -0.3 is 9.88 Å². The number of carbonyl (C=O) groups excluding carboxylic acids is 1. The largest absolute Gasteiger partial charge is 0.348 e. The molecule has 1 amide bonds. The van der Waals surface area contributed by atoms with Crippen LogP contribution < -0.4 is 5.32 Å². The maximum Gasteiger partial charge on any atom is 0.253 e. The van der Waals surface area contributed by atoms with Crippen molar-refractivity contribution in [3.05, 3.63) is 47.2 Å². The third-order valence-electron chi connectivity index (χ3n) is 2.39. The van der Waals surface area contributed by atoms with E-state index in [4.69, 9.17) is 0 Å². The number of carbonyl (C=O) groups is 1. The van der Waals surface area contributed by atoms with Crippen LogP contribution in [0.2, 0.25) is 0 Å². The first-order valence-electron chi connectivity index (χ1n) is 5.52. The van der Waals surface area contributed by atoms with E-state index in [2.05, 4.69) is 31.2 Å². The van der Waals surface area contributed by atoms with Gasteiger partial charge in [0.05, 0.1) is 11.9 Å². The van der Waals surface area contributed by atoms with Crippen LogP contribution in [-0.2, 0) is 6.54 Å². The molecule has 0 bridgehead atoms. The fourth-order valence-corrected chi connectivity index (χ4v) is 1.96. The van der Waals surface area contributed by atoms with Crippen molar-refractivity contribution in [1.29, 1.82) is 0 Å². The summed E-state index contributed by atoms with van der Waals surface area (Å²) in [5.74, 6) is -0.128. The molecule has 0 fully saturated rings. The molecular weight excluding hydrogens is 296 g/mol. The van der Waals surface area contributed by atoms with Gasteiger partial charge in [-0.15, -0.1) is 0 Å². The van der Waals surface area contributed by atoms with E-state index in [9.17, 15) is 4.79 Å². The van der Waals surface area contributed by atoms with Gasteiger partial charge in [-0.1, -0.05) is 0 Å². The van der Waals surface area contributed by atoms with Crippen LogP contribution in [0, 0.1) is 0 Å². The monoisotopic (exact) mass is 308 g/mol. The third kappa shape index (κ3) is 3.40. The highest BCUT2D eigenvalue weighted by Gasteiger charge is 2.10. The topological polar surface area (TPSA) is 59.8 Å². The Morgan fingerprint density at radius 3 is 3.00 bits per heavy atom. The van der Waals surface area contributed by atoms with Gasteiger partial charge in [0.1, 0.15) is 0 Å². The maximum atomic E-state index is 11.9. The van der Waals surface area contributed by atoms with Crippen LogP contribution in [-0.4, -0.2) is 26.5 Å². The van der Waals surface area contributed by atoms with Gasteiger partial charge in [0.15, 0.2) is 0 Å². The summed E-state index contributed by atoms with van der Waals surface area (Å²) >= 11 is 3.29. The van der Waals surface area contributed by atoms with Gasteiger partial charge in [0.2, 0.25) is 0 Å². The number of halogens is 1. The highest BCUT2D eigenvalue weighted by molar-refractivity contribution is 9.10. The number of hydrogen-bond acceptors (Lipinski definition) is 3. The number of nitrogens with one attached hydrogen (secondary N) is 1. The number of rotatable bonds is 4. The molecule has 2 aromatic heterocycles. The maximum absolute atomic E-state index is 11.9. The molecule has 2 rings (SSSR count). The van der Waals surface area contributed by atoms with Crippen LogP contribution in [0.25, 0.3) is 0 Å². The first-order valence-corrected chi connectivity index (χ1v) is 6.31. The highest BCUT2D eigenvalue weighted by Crippen LogP contribution is 2.09. The Kier molecular flexibility index (Phi) is 4.09. The van der Waals surface area contributed by atoms with E-state index in [1.165, 1.54) is 0 Å². The van der Waals surface area contributed by atoms with E-state index < -0.39 is 0 Å². The Bertz CT molecular complexity index is 527. The quantitative estimate of drug-likeness (QED) is 0.938. The number of hydrogen-bond donors (Lipinski definition) is 1. The number of amides is 1. The van der Waals surface area contributed by atoms with Crippen molar-refractivity contribution in [2.24, 2.45) is 0 Å². The molecule has 5 nitrogen and oxygen atoms in total. The molecule has 0 aromatic carbocycles. The number of imidazole rings is 1. The second-order valence-corrected chi connectivity index (χ2v) is 4.94. The number of aromatic nitrogens is 3. The van der Waals surface area contributed by atoms with Crippen molar-refractivity contribution in [1.82, 2.24) is 19.9 Å². The van der Waals surface area contributed by atoms with E-state index in [-0.39, 0.29) is 11.9 Å². The molecule has 18 heavy (non-hydrogen) atoms. The molecule has 6 heteroatoms. The zero-order valence-electron chi connectivity index (χ0n) is 9.88. The van der Waals surface area contributed by atoms with E-state index in [0.29, 0.717) is 12.1 Å². The molecule has 0 saturated heterocycles. The van der Waals surface area contributed by atoms with E-state index >= 15 is 0 Å². The van der Waals surface area contributed by atoms with Gasteiger partial charge in [0.25, 0.3) is 5.91 Å². The summed E-state index contributed by atoms with van der Waals surface area (Å²) in [6.07, 6.45) is 8.50. The van der Waals surface area contributed by atoms with E-state index in [1.807, 2.05) is 17.7 Å². The lowest BCUT2D eigenvalue weighted by molar-refractivity contribution is 0.0936. The summed E-state index contributed by atoms with van der Waals surface area (Å²) < 4.78 is 2.71. The molecule has 2 heterocycles. The summed E-state index contributed by atoms with van der Waals surface area (Å²) in [4.78, 5) is 19.9. The second kappa shape index (κ2) is 5.77. The lowest BCUT2D eigenvalue weighted by Crippen LogP contribution is -2.35. The molecular formula is C12H13BrN4O. The van der Waals surface area contributed by atoms with Gasteiger partial charge in [-0.25, -0.2) is 4.98 Å². The SMILES string of the molecule is C[C@H](Cn1ccnc1)NC(=O)c1cncc(Br)c1. The predicted octanol–water partition coefficient (Wildman–Crippen LogP) is 1.86. The summed E-state index contributed by atoms with van der Waals surface area (Å²) in [5, 5.41) is 2.91. The standard InChI is InChI=1S/C12H13BrN4O/c1-9(7-17-3-2-14-8-17)16-12(18)10-4-11(13)6-15-5-10/h2-6,8-9H,7H2,1H3,(H,16,18)/t9-/m1/s1. The lowest BCUT2D eigenvalue weighted by Gasteiger charge is -2.14. The van der Waals surface area contributed by atoms with Crippen LogP contribution in [0.15, 0.2) is 41.7 Å². The second-order valence-electron chi connectivity index (χ2n) is 4.03. The summed E-state index contributed by atoms with van der Waals surface area (Å²) in [7, 11) is 0. The molecule has 0 spiro atoms. The normalized spacial score (nSPS) is 12.1. The molecule has 2 aromatic rings. The molecule has 0 radical (unpaired) electrons. The summed E-state index contributed by atoms with van der Waals surface area (Å²) in [5.41, 5.74) is 0.543. The molecule has 1 atom stereocenters. The summed E-state index contributed by atoms with van der Waals surface area (Å²) in [6.45, 7) is 2.64. The lowest BCUT2D eigenvalue weighted by atomic mass is 10.2. The zero-order chi connectivity index (χ0) is 13.0. The Morgan fingerprint density at radius 2 is 2.33 bits per heavy atom. The third-order valence-corrected chi connectivity index (χ3v) is 2.82. The highest BCUT2D eigenvalue weighted by atomic mass is 79.9. The fourth-order valence-electron chi connectivity index (χ4n) is 1.60. The Hall–Kier alpha value is -1.69. The average Bonchev–Trinajstić information content (AvgIpc) is 2.81. The zero-order valence-corrected chi connectivity index (χ0v) is 11.5. The minimum absolute atomic E-state index is 0.0191. The van der Waals surface area contributed by atoms with Crippen LogP contribution in [0.5, 0.6) is 0 Å². The molecule has 1 N–H and O–H groups in total. The van der Waals surface area contributed by atoms with Gasteiger partial charge in [0, 0.05) is 41.8 Å². The van der Waals surface area contributed by atoms with Crippen molar-refractivity contribution in [2.75, 3.05) is 0 Å². The Balaban J connectivity index is 1.95. The van der Waals surface area contributed by atoms with E-state index in [0.717, 1.165) is 4.47 Å². The summed E-state index contributed by atoms with van der Waals surface area (Å²) in [6, 6.07) is 1.76. The molecule has 0 unspecified atom stereocenters. The van der Waals surface area contributed by atoms with Gasteiger partial charge in [-0.3, -0.25) is 9.78 Å². The van der Waals surface area contributed by atoms with Crippen LogP contribution >= 0.6 is 15.9 Å². The molecule has 94 valence electrons. The van der Waals surface area contributed by atoms with Crippen molar-refractivity contribution in [2.45, 2.75) is 19.5 Å². The van der Waals surface area contributed by atoms with Crippen molar-refractivity contribution >= 4 is 21.8 Å².